The number of hydrogen-bond donors (Lipinski definition) is 1. The van der Waals surface area contributed by atoms with Crippen LogP contribution in [0.15, 0.2) is 17.4 Å². The molecule has 0 bridgehead atoms. The molecule has 8 nitrogen and oxygen atoms in total. The molecular formula is C18H32N6O2. The number of nitrogens with zero attached hydrogens (tertiary/aromatic N) is 5. The van der Waals surface area contributed by atoms with E-state index in [1.54, 1.807) is 0 Å². The van der Waals surface area contributed by atoms with Gasteiger partial charge in [-0.15, -0.1) is 0 Å². The van der Waals surface area contributed by atoms with Crippen LogP contribution in [0.1, 0.15) is 25.5 Å². The number of aryl methyl sites for hydroxylation is 1. The first-order valence-corrected chi connectivity index (χ1v) is 9.62. The molecular weight excluding hydrogens is 332 g/mol. The van der Waals surface area contributed by atoms with Gasteiger partial charge in [-0.1, -0.05) is 0 Å². The topological polar surface area (TPSA) is 67.2 Å². The summed E-state index contributed by atoms with van der Waals surface area (Å²) >= 11 is 0. The van der Waals surface area contributed by atoms with Crippen molar-refractivity contribution >= 4 is 5.96 Å². The van der Waals surface area contributed by atoms with Crippen molar-refractivity contribution in [2.45, 2.75) is 26.0 Å². The second-order valence-electron chi connectivity index (χ2n) is 6.95. The van der Waals surface area contributed by atoms with E-state index in [0.717, 1.165) is 64.0 Å². The zero-order valence-electron chi connectivity index (χ0n) is 16.2. The van der Waals surface area contributed by atoms with E-state index >= 15 is 0 Å². The standard InChI is InChI=1S/C18H32N6O2/c1-4-19-18(20-5-6-23-7-9-25-14-15(23)2)24-8-10-26-17(13-24)16-11-21-22(3)12-16/h11-12,15,17H,4-10,13-14H2,1-3H3,(H,19,20). The van der Waals surface area contributed by atoms with Crippen LogP contribution in [-0.4, -0.2) is 90.7 Å². The molecule has 8 heteroatoms. The van der Waals surface area contributed by atoms with Crippen molar-refractivity contribution in [2.24, 2.45) is 12.0 Å². The van der Waals surface area contributed by atoms with E-state index < -0.39 is 0 Å². The Morgan fingerprint density at radius 1 is 1.38 bits per heavy atom. The van der Waals surface area contributed by atoms with Crippen molar-refractivity contribution in [1.82, 2.24) is 24.9 Å². The molecule has 1 N–H and O–H groups in total. The molecule has 2 saturated heterocycles. The molecule has 0 aliphatic carbocycles. The average molecular weight is 364 g/mol. The maximum Gasteiger partial charge on any atom is 0.194 e. The van der Waals surface area contributed by atoms with Gasteiger partial charge in [-0.05, 0) is 13.8 Å². The SMILES string of the molecule is CCNC(=NCCN1CCOCC1C)N1CCOC(c2cnn(C)c2)C1. The van der Waals surface area contributed by atoms with E-state index in [4.69, 9.17) is 14.5 Å². The molecule has 2 fully saturated rings. The molecule has 2 atom stereocenters. The zero-order valence-corrected chi connectivity index (χ0v) is 16.2. The van der Waals surface area contributed by atoms with Crippen molar-refractivity contribution in [2.75, 3.05) is 59.1 Å². The van der Waals surface area contributed by atoms with Crippen molar-refractivity contribution in [3.05, 3.63) is 18.0 Å². The van der Waals surface area contributed by atoms with Crippen LogP contribution in [0.2, 0.25) is 0 Å². The highest BCUT2D eigenvalue weighted by molar-refractivity contribution is 5.80. The second kappa shape index (κ2) is 9.34. The molecule has 0 amide bonds. The maximum atomic E-state index is 5.95. The van der Waals surface area contributed by atoms with Crippen LogP contribution in [0.3, 0.4) is 0 Å². The lowest BCUT2D eigenvalue weighted by atomic mass is 10.1. The van der Waals surface area contributed by atoms with Gasteiger partial charge in [-0.25, -0.2) is 0 Å². The second-order valence-corrected chi connectivity index (χ2v) is 6.95. The molecule has 0 radical (unpaired) electrons. The summed E-state index contributed by atoms with van der Waals surface area (Å²) in [5, 5.41) is 7.70. The summed E-state index contributed by atoms with van der Waals surface area (Å²) in [6.07, 6.45) is 3.95. The smallest absolute Gasteiger partial charge is 0.194 e. The fourth-order valence-electron chi connectivity index (χ4n) is 3.45. The Bertz CT molecular complexity index is 590. The predicted molar refractivity (Wildman–Crippen MR) is 101 cm³/mol. The third-order valence-electron chi connectivity index (χ3n) is 4.95. The fraction of sp³-hybridized carbons (Fsp3) is 0.778. The van der Waals surface area contributed by atoms with Crippen LogP contribution >= 0.6 is 0 Å². The number of aromatic nitrogens is 2. The van der Waals surface area contributed by atoms with Crippen LogP contribution < -0.4 is 5.32 Å². The van der Waals surface area contributed by atoms with Crippen molar-refractivity contribution in [3.63, 3.8) is 0 Å². The van der Waals surface area contributed by atoms with Crippen LogP contribution in [-0.2, 0) is 16.5 Å². The summed E-state index contributed by atoms with van der Waals surface area (Å²) in [7, 11) is 1.93. The number of ether oxygens (including phenoxy) is 2. The Kier molecular flexibility index (Phi) is 6.87. The molecule has 1 aromatic rings. The first-order chi connectivity index (χ1) is 12.7. The molecule has 3 rings (SSSR count). The molecule has 0 spiro atoms. The number of rotatable bonds is 5. The largest absolute Gasteiger partial charge is 0.379 e. The van der Waals surface area contributed by atoms with Gasteiger partial charge in [0.2, 0.25) is 0 Å². The number of guanidine groups is 1. The lowest BCUT2D eigenvalue weighted by Gasteiger charge is -2.35. The molecule has 26 heavy (non-hydrogen) atoms. The minimum Gasteiger partial charge on any atom is -0.379 e. The van der Waals surface area contributed by atoms with Gasteiger partial charge in [0.25, 0.3) is 0 Å². The summed E-state index contributed by atoms with van der Waals surface area (Å²) in [5.41, 5.74) is 1.12. The maximum absolute atomic E-state index is 5.95. The minimum atomic E-state index is 0.0422. The highest BCUT2D eigenvalue weighted by Gasteiger charge is 2.25. The summed E-state index contributed by atoms with van der Waals surface area (Å²) in [6, 6.07) is 0.472. The van der Waals surface area contributed by atoms with E-state index in [-0.39, 0.29) is 6.10 Å². The predicted octanol–water partition coefficient (Wildman–Crippen LogP) is 0.480. The van der Waals surface area contributed by atoms with Crippen LogP contribution in [0.5, 0.6) is 0 Å². The number of hydrogen-bond acceptors (Lipinski definition) is 5. The van der Waals surface area contributed by atoms with E-state index in [1.165, 1.54) is 0 Å². The van der Waals surface area contributed by atoms with Gasteiger partial charge in [-0.2, -0.15) is 5.10 Å². The third kappa shape index (κ3) is 4.96. The van der Waals surface area contributed by atoms with Crippen LogP contribution in [0, 0.1) is 0 Å². The Morgan fingerprint density at radius 3 is 3.00 bits per heavy atom. The van der Waals surface area contributed by atoms with Gasteiger partial charge in [0.15, 0.2) is 5.96 Å². The van der Waals surface area contributed by atoms with Crippen LogP contribution in [0.25, 0.3) is 0 Å². The van der Waals surface area contributed by atoms with Gasteiger partial charge in [0, 0.05) is 51.0 Å². The minimum absolute atomic E-state index is 0.0422. The van der Waals surface area contributed by atoms with E-state index in [1.807, 2.05) is 24.1 Å². The zero-order chi connectivity index (χ0) is 18.4. The van der Waals surface area contributed by atoms with Crippen molar-refractivity contribution < 1.29 is 9.47 Å². The molecule has 3 heterocycles. The fourth-order valence-corrected chi connectivity index (χ4v) is 3.45. The highest BCUT2D eigenvalue weighted by atomic mass is 16.5. The Balaban J connectivity index is 1.58. The van der Waals surface area contributed by atoms with Gasteiger partial charge >= 0.3 is 0 Å². The van der Waals surface area contributed by atoms with E-state index in [9.17, 15) is 0 Å². The molecule has 2 aliphatic rings. The summed E-state index contributed by atoms with van der Waals surface area (Å²) in [6.45, 7) is 11.9. The van der Waals surface area contributed by atoms with Crippen molar-refractivity contribution in [3.8, 4) is 0 Å². The molecule has 146 valence electrons. The molecule has 1 aromatic heterocycles. The lowest BCUT2D eigenvalue weighted by molar-refractivity contribution is -0.00831. The van der Waals surface area contributed by atoms with E-state index in [2.05, 4.69) is 34.1 Å². The normalized spacial score (nSPS) is 25.5. The van der Waals surface area contributed by atoms with Gasteiger partial charge in [0.05, 0.1) is 39.1 Å². The highest BCUT2D eigenvalue weighted by Crippen LogP contribution is 2.21. The third-order valence-corrected chi connectivity index (χ3v) is 4.95. The number of morpholine rings is 2. The summed E-state index contributed by atoms with van der Waals surface area (Å²) in [4.78, 5) is 9.62. The number of nitrogens with one attached hydrogen (secondary N) is 1. The molecule has 0 aromatic carbocycles. The monoisotopic (exact) mass is 364 g/mol. The van der Waals surface area contributed by atoms with Crippen molar-refractivity contribution in [1.29, 1.82) is 0 Å². The molecule has 0 saturated carbocycles. The Labute approximate surface area is 156 Å². The first-order valence-electron chi connectivity index (χ1n) is 9.62. The lowest BCUT2D eigenvalue weighted by Crippen LogP contribution is -2.49. The van der Waals surface area contributed by atoms with Gasteiger partial charge < -0.3 is 19.7 Å². The van der Waals surface area contributed by atoms with Gasteiger partial charge in [0.1, 0.15) is 6.10 Å². The quantitative estimate of drug-likeness (QED) is 0.606. The first kappa shape index (κ1) is 19.1. The average Bonchev–Trinajstić information content (AvgIpc) is 3.09. The number of aliphatic imine (C=N–C) groups is 1. The Hall–Kier alpha value is -1.64. The van der Waals surface area contributed by atoms with E-state index in [0.29, 0.717) is 12.6 Å². The summed E-state index contributed by atoms with van der Waals surface area (Å²) < 4.78 is 13.3. The molecule has 2 aliphatic heterocycles. The molecule has 2 unspecified atom stereocenters. The van der Waals surface area contributed by atoms with Crippen LogP contribution in [0.4, 0.5) is 0 Å². The Morgan fingerprint density at radius 2 is 2.27 bits per heavy atom. The summed E-state index contributed by atoms with van der Waals surface area (Å²) in [5.74, 6) is 0.977. The van der Waals surface area contributed by atoms with Gasteiger partial charge in [-0.3, -0.25) is 14.6 Å².